The van der Waals surface area contributed by atoms with Crippen LogP contribution in [0.1, 0.15) is 45.1 Å². The number of hydrogen-bond donors (Lipinski definition) is 0. The van der Waals surface area contributed by atoms with Gasteiger partial charge in [0.1, 0.15) is 6.29 Å². The Bertz CT molecular complexity index is 450. The van der Waals surface area contributed by atoms with Crippen LogP contribution in [0.2, 0.25) is 10.0 Å². The Labute approximate surface area is 119 Å². The van der Waals surface area contributed by atoms with Gasteiger partial charge in [0.2, 0.25) is 0 Å². The predicted molar refractivity (Wildman–Crippen MR) is 79.3 cm³/mol. The third-order valence-electron chi connectivity index (χ3n) is 2.81. The van der Waals surface area contributed by atoms with Gasteiger partial charge in [-0.05, 0) is 41.7 Å². The molecule has 1 nitrogen and oxygen atoms in total. The van der Waals surface area contributed by atoms with Crippen molar-refractivity contribution in [2.45, 2.75) is 39.5 Å². The molecule has 0 N–H and O–H groups in total. The lowest BCUT2D eigenvalue weighted by atomic mass is 9.94. The van der Waals surface area contributed by atoms with Crippen LogP contribution in [0.25, 0.3) is 5.57 Å². The lowest BCUT2D eigenvalue weighted by Crippen LogP contribution is -1.95. The number of aldehydes is 1. The summed E-state index contributed by atoms with van der Waals surface area (Å²) in [6.07, 6.45) is 4.54. The molecule has 1 aromatic carbocycles. The van der Waals surface area contributed by atoms with Crippen molar-refractivity contribution in [2.24, 2.45) is 0 Å². The molecule has 0 aliphatic heterocycles. The quantitative estimate of drug-likeness (QED) is 0.495. The summed E-state index contributed by atoms with van der Waals surface area (Å²) < 4.78 is 0. The Balaban J connectivity index is 3.30. The fourth-order valence-corrected chi connectivity index (χ4v) is 2.53. The summed E-state index contributed by atoms with van der Waals surface area (Å²) in [5.41, 5.74) is 2.83. The van der Waals surface area contributed by atoms with Crippen molar-refractivity contribution in [1.29, 1.82) is 0 Å². The molecule has 0 aromatic heterocycles. The molecule has 0 saturated heterocycles. The van der Waals surface area contributed by atoms with Crippen LogP contribution in [0.4, 0.5) is 0 Å². The van der Waals surface area contributed by atoms with Gasteiger partial charge in [0, 0.05) is 10.0 Å². The van der Waals surface area contributed by atoms with Crippen LogP contribution in [-0.4, -0.2) is 6.29 Å². The lowest BCUT2D eigenvalue weighted by molar-refractivity contribution is -0.105. The van der Waals surface area contributed by atoms with E-state index in [4.69, 9.17) is 23.2 Å². The standard InChI is InChI=1S/C15H18Cl2O/c1-3-5-11(10-18)13(6-4-2)14-8-7-12(16)9-15(14)17/h7-10H,3-6H2,1-2H3/b13-11-. The fraction of sp³-hybridized carbons (Fsp3) is 0.400. The molecule has 18 heavy (non-hydrogen) atoms. The van der Waals surface area contributed by atoms with Crippen LogP contribution in [0.3, 0.4) is 0 Å². The summed E-state index contributed by atoms with van der Waals surface area (Å²) in [4.78, 5) is 11.2. The second-order valence-electron chi connectivity index (χ2n) is 4.25. The van der Waals surface area contributed by atoms with E-state index in [0.29, 0.717) is 10.0 Å². The second-order valence-corrected chi connectivity index (χ2v) is 5.09. The maximum Gasteiger partial charge on any atom is 0.146 e. The first kappa shape index (κ1) is 15.3. The summed E-state index contributed by atoms with van der Waals surface area (Å²) in [6, 6.07) is 5.43. The molecule has 0 aliphatic carbocycles. The molecule has 0 heterocycles. The van der Waals surface area contributed by atoms with Crippen LogP contribution in [-0.2, 0) is 4.79 Å². The Morgan fingerprint density at radius 1 is 1.17 bits per heavy atom. The van der Waals surface area contributed by atoms with Crippen LogP contribution >= 0.6 is 23.2 Å². The Kier molecular flexibility index (Phi) is 6.45. The molecule has 0 atom stereocenters. The normalized spacial score (nSPS) is 12.2. The molecular weight excluding hydrogens is 267 g/mol. The van der Waals surface area contributed by atoms with E-state index in [1.807, 2.05) is 12.1 Å². The average molecular weight is 285 g/mol. The third kappa shape index (κ3) is 3.86. The molecule has 0 spiro atoms. The van der Waals surface area contributed by atoms with Gasteiger partial charge in [-0.2, -0.15) is 0 Å². The highest BCUT2D eigenvalue weighted by Gasteiger charge is 2.11. The van der Waals surface area contributed by atoms with E-state index in [2.05, 4.69) is 13.8 Å². The van der Waals surface area contributed by atoms with Gasteiger partial charge in [0.25, 0.3) is 0 Å². The maximum absolute atomic E-state index is 11.2. The number of carbonyl (C=O) groups is 1. The topological polar surface area (TPSA) is 17.1 Å². The first-order chi connectivity index (χ1) is 8.63. The molecule has 0 aliphatic rings. The number of benzene rings is 1. The first-order valence-electron chi connectivity index (χ1n) is 6.26. The number of allylic oxidation sites excluding steroid dienone is 2. The highest BCUT2D eigenvalue weighted by Crippen LogP contribution is 2.32. The van der Waals surface area contributed by atoms with Crippen molar-refractivity contribution in [3.8, 4) is 0 Å². The lowest BCUT2D eigenvalue weighted by Gasteiger charge is -2.13. The smallest absolute Gasteiger partial charge is 0.146 e. The molecule has 0 amide bonds. The molecule has 0 saturated carbocycles. The highest BCUT2D eigenvalue weighted by molar-refractivity contribution is 6.35. The Hall–Kier alpha value is -0.790. The molecule has 0 bridgehead atoms. The molecule has 0 radical (unpaired) electrons. The third-order valence-corrected chi connectivity index (χ3v) is 3.35. The Morgan fingerprint density at radius 3 is 2.33 bits per heavy atom. The van der Waals surface area contributed by atoms with Crippen molar-refractivity contribution in [1.82, 2.24) is 0 Å². The summed E-state index contributed by atoms with van der Waals surface area (Å²) >= 11 is 12.1. The van der Waals surface area contributed by atoms with Crippen LogP contribution < -0.4 is 0 Å². The van der Waals surface area contributed by atoms with E-state index in [1.54, 1.807) is 6.07 Å². The molecule has 1 rings (SSSR count). The van der Waals surface area contributed by atoms with E-state index in [-0.39, 0.29) is 0 Å². The summed E-state index contributed by atoms with van der Waals surface area (Å²) in [7, 11) is 0. The van der Waals surface area contributed by atoms with E-state index >= 15 is 0 Å². The average Bonchev–Trinajstić information content (AvgIpc) is 2.34. The summed E-state index contributed by atoms with van der Waals surface area (Å²) in [6.45, 7) is 4.16. The van der Waals surface area contributed by atoms with Gasteiger partial charge in [-0.3, -0.25) is 4.79 Å². The van der Waals surface area contributed by atoms with Gasteiger partial charge in [0.05, 0.1) is 0 Å². The monoisotopic (exact) mass is 284 g/mol. The minimum Gasteiger partial charge on any atom is -0.298 e. The fourth-order valence-electron chi connectivity index (χ4n) is 2.00. The number of hydrogen-bond acceptors (Lipinski definition) is 1. The highest BCUT2D eigenvalue weighted by atomic mass is 35.5. The van der Waals surface area contributed by atoms with E-state index in [1.165, 1.54) is 0 Å². The van der Waals surface area contributed by atoms with Gasteiger partial charge >= 0.3 is 0 Å². The van der Waals surface area contributed by atoms with Crippen LogP contribution in [0.5, 0.6) is 0 Å². The molecule has 3 heteroatoms. The summed E-state index contributed by atoms with van der Waals surface area (Å²) in [5, 5.41) is 1.23. The van der Waals surface area contributed by atoms with Gasteiger partial charge in [-0.15, -0.1) is 0 Å². The maximum atomic E-state index is 11.2. The van der Waals surface area contributed by atoms with Gasteiger partial charge < -0.3 is 0 Å². The molecular formula is C15H18Cl2O. The van der Waals surface area contributed by atoms with E-state index < -0.39 is 0 Å². The molecule has 0 fully saturated rings. The summed E-state index contributed by atoms with van der Waals surface area (Å²) in [5.74, 6) is 0. The van der Waals surface area contributed by atoms with Crippen molar-refractivity contribution in [2.75, 3.05) is 0 Å². The number of rotatable bonds is 6. The largest absolute Gasteiger partial charge is 0.298 e. The minimum absolute atomic E-state index is 0.612. The molecule has 1 aromatic rings. The first-order valence-corrected chi connectivity index (χ1v) is 7.02. The molecule has 98 valence electrons. The zero-order chi connectivity index (χ0) is 13.5. The second kappa shape index (κ2) is 7.60. The van der Waals surface area contributed by atoms with Crippen molar-refractivity contribution in [3.05, 3.63) is 39.4 Å². The minimum atomic E-state index is 0.612. The van der Waals surface area contributed by atoms with E-state index in [0.717, 1.165) is 48.7 Å². The van der Waals surface area contributed by atoms with E-state index in [9.17, 15) is 4.79 Å². The van der Waals surface area contributed by atoms with Gasteiger partial charge in [-0.1, -0.05) is 56.0 Å². The van der Waals surface area contributed by atoms with Crippen molar-refractivity contribution < 1.29 is 4.79 Å². The van der Waals surface area contributed by atoms with Crippen LogP contribution in [0.15, 0.2) is 23.8 Å². The molecule has 0 unspecified atom stereocenters. The van der Waals surface area contributed by atoms with Gasteiger partial charge in [-0.25, -0.2) is 0 Å². The SMILES string of the molecule is CCC/C(C=O)=C(\CCC)c1ccc(Cl)cc1Cl. The zero-order valence-electron chi connectivity index (χ0n) is 10.8. The van der Waals surface area contributed by atoms with Crippen LogP contribution in [0, 0.1) is 0 Å². The van der Waals surface area contributed by atoms with Crippen molar-refractivity contribution >= 4 is 35.1 Å². The van der Waals surface area contributed by atoms with Crippen molar-refractivity contribution in [3.63, 3.8) is 0 Å². The van der Waals surface area contributed by atoms with Gasteiger partial charge in [0.15, 0.2) is 0 Å². The predicted octanol–water partition coefficient (Wildman–Crippen LogP) is 5.55. The zero-order valence-corrected chi connectivity index (χ0v) is 12.3. The Morgan fingerprint density at radius 2 is 1.83 bits per heavy atom. The number of halogens is 2. The number of carbonyl (C=O) groups excluding carboxylic acids is 1.